The van der Waals surface area contributed by atoms with E-state index in [4.69, 9.17) is 5.26 Å². The molecule has 0 atom stereocenters. The number of rotatable bonds is 2. The van der Waals surface area contributed by atoms with E-state index in [0.717, 1.165) is 11.1 Å². The predicted molar refractivity (Wildman–Crippen MR) is 70.2 cm³/mol. The minimum absolute atomic E-state index is 0.0930. The summed E-state index contributed by atoms with van der Waals surface area (Å²) in [6.07, 6.45) is 0. The van der Waals surface area contributed by atoms with Crippen LogP contribution in [0.5, 0.6) is 5.06 Å². The van der Waals surface area contributed by atoms with Crippen molar-refractivity contribution in [3.05, 3.63) is 40.8 Å². The van der Waals surface area contributed by atoms with Crippen molar-refractivity contribution >= 4 is 11.3 Å². The first-order valence-electron chi connectivity index (χ1n) is 5.44. The molecule has 0 radical (unpaired) electrons. The van der Waals surface area contributed by atoms with Crippen molar-refractivity contribution in [3.8, 4) is 22.3 Å². The van der Waals surface area contributed by atoms with Gasteiger partial charge in [-0.3, -0.25) is 0 Å². The number of hydrogen-bond acceptors (Lipinski definition) is 3. The second kappa shape index (κ2) is 4.60. The van der Waals surface area contributed by atoms with Gasteiger partial charge in [0, 0.05) is 10.9 Å². The van der Waals surface area contributed by atoms with Gasteiger partial charge >= 0.3 is 0 Å². The smallest absolute Gasteiger partial charge is 0.190 e. The summed E-state index contributed by atoms with van der Waals surface area (Å²) in [6, 6.07) is 10.2. The van der Waals surface area contributed by atoms with Crippen molar-refractivity contribution in [3.63, 3.8) is 0 Å². The molecule has 0 bridgehead atoms. The Morgan fingerprint density at radius 2 is 1.88 bits per heavy atom. The molecule has 17 heavy (non-hydrogen) atoms. The SMILES string of the molecule is CC(C)c1ccc(-c2csc(O)c2C#N)cc1. The van der Waals surface area contributed by atoms with Gasteiger partial charge in [-0.25, -0.2) is 0 Å². The van der Waals surface area contributed by atoms with Crippen LogP contribution in [-0.4, -0.2) is 5.11 Å². The standard InChI is InChI=1S/C14H13NOS/c1-9(2)10-3-5-11(6-4-10)13-8-17-14(16)12(13)7-15/h3-6,8-9,16H,1-2H3. The lowest BCUT2D eigenvalue weighted by Gasteiger charge is -2.06. The van der Waals surface area contributed by atoms with Crippen molar-refractivity contribution in [2.45, 2.75) is 19.8 Å². The molecule has 1 N–H and O–H groups in total. The molecule has 0 aliphatic heterocycles. The van der Waals surface area contributed by atoms with E-state index >= 15 is 0 Å². The minimum atomic E-state index is 0.0930. The van der Waals surface area contributed by atoms with E-state index in [9.17, 15) is 5.11 Å². The van der Waals surface area contributed by atoms with E-state index in [1.165, 1.54) is 16.9 Å². The van der Waals surface area contributed by atoms with Gasteiger partial charge in [-0.2, -0.15) is 5.26 Å². The van der Waals surface area contributed by atoms with Gasteiger partial charge in [-0.1, -0.05) is 38.1 Å². The van der Waals surface area contributed by atoms with Crippen LogP contribution in [-0.2, 0) is 0 Å². The van der Waals surface area contributed by atoms with Gasteiger partial charge in [0.2, 0.25) is 0 Å². The summed E-state index contributed by atoms with van der Waals surface area (Å²) in [4.78, 5) is 0. The van der Waals surface area contributed by atoms with E-state index in [1.807, 2.05) is 23.6 Å². The zero-order valence-corrected chi connectivity index (χ0v) is 10.6. The largest absolute Gasteiger partial charge is 0.499 e. The summed E-state index contributed by atoms with van der Waals surface area (Å²) in [5, 5.41) is 20.4. The monoisotopic (exact) mass is 243 g/mol. The molecule has 1 aromatic carbocycles. The summed E-state index contributed by atoms with van der Waals surface area (Å²) in [5.74, 6) is 0.496. The number of aromatic hydroxyl groups is 1. The van der Waals surface area contributed by atoms with Crippen LogP contribution < -0.4 is 0 Å². The lowest BCUT2D eigenvalue weighted by Crippen LogP contribution is -1.86. The maximum atomic E-state index is 9.53. The first-order valence-corrected chi connectivity index (χ1v) is 6.32. The molecule has 2 nitrogen and oxygen atoms in total. The highest BCUT2D eigenvalue weighted by Crippen LogP contribution is 2.35. The number of hydrogen-bond donors (Lipinski definition) is 1. The molecule has 0 unspecified atom stereocenters. The molecule has 0 saturated heterocycles. The van der Waals surface area contributed by atoms with E-state index in [1.54, 1.807) is 0 Å². The Labute approximate surface area is 105 Å². The molecule has 3 heteroatoms. The molecule has 0 saturated carbocycles. The van der Waals surface area contributed by atoms with Gasteiger partial charge in [-0.05, 0) is 17.0 Å². The molecule has 1 aromatic heterocycles. The van der Waals surface area contributed by atoms with Crippen LogP contribution in [0, 0.1) is 11.3 Å². The molecular weight excluding hydrogens is 230 g/mol. The van der Waals surface area contributed by atoms with Crippen LogP contribution >= 0.6 is 11.3 Å². The first kappa shape index (κ1) is 11.7. The average molecular weight is 243 g/mol. The number of thiophene rings is 1. The molecule has 0 spiro atoms. The highest BCUT2D eigenvalue weighted by Gasteiger charge is 2.12. The molecule has 0 aliphatic rings. The third-order valence-electron chi connectivity index (χ3n) is 2.77. The first-order chi connectivity index (χ1) is 8.13. The van der Waals surface area contributed by atoms with Crippen LogP contribution in [0.2, 0.25) is 0 Å². The normalized spacial score (nSPS) is 10.5. The van der Waals surface area contributed by atoms with Gasteiger partial charge in [0.25, 0.3) is 0 Å². The summed E-state index contributed by atoms with van der Waals surface area (Å²) >= 11 is 1.19. The van der Waals surface area contributed by atoms with E-state index in [0.29, 0.717) is 11.5 Å². The van der Waals surface area contributed by atoms with E-state index in [2.05, 4.69) is 26.0 Å². The Balaban J connectivity index is 2.44. The third-order valence-corrected chi connectivity index (χ3v) is 3.55. The Morgan fingerprint density at radius 3 is 2.41 bits per heavy atom. The van der Waals surface area contributed by atoms with Crippen LogP contribution in [0.3, 0.4) is 0 Å². The average Bonchev–Trinajstić information content (AvgIpc) is 2.70. The van der Waals surface area contributed by atoms with E-state index < -0.39 is 0 Å². The van der Waals surface area contributed by atoms with Crippen LogP contribution in [0.25, 0.3) is 11.1 Å². The molecule has 0 aliphatic carbocycles. The molecule has 86 valence electrons. The van der Waals surface area contributed by atoms with Gasteiger partial charge in [0.1, 0.15) is 11.6 Å². The highest BCUT2D eigenvalue weighted by atomic mass is 32.1. The molecule has 1 heterocycles. The summed E-state index contributed by atoms with van der Waals surface area (Å²) < 4.78 is 0. The fourth-order valence-electron chi connectivity index (χ4n) is 1.72. The van der Waals surface area contributed by atoms with Crippen molar-refractivity contribution in [1.82, 2.24) is 0 Å². The lowest BCUT2D eigenvalue weighted by atomic mass is 9.98. The third kappa shape index (κ3) is 2.17. The molecule has 0 amide bonds. The Kier molecular flexibility index (Phi) is 3.16. The summed E-state index contributed by atoms with van der Waals surface area (Å²) in [6.45, 7) is 4.29. The van der Waals surface area contributed by atoms with Gasteiger partial charge in [0.05, 0.1) is 0 Å². The lowest BCUT2D eigenvalue weighted by molar-refractivity contribution is 0.489. The summed E-state index contributed by atoms with van der Waals surface area (Å²) in [5.41, 5.74) is 3.42. The Morgan fingerprint density at radius 1 is 1.24 bits per heavy atom. The second-order valence-electron chi connectivity index (χ2n) is 4.22. The van der Waals surface area contributed by atoms with Gasteiger partial charge < -0.3 is 5.11 Å². The second-order valence-corrected chi connectivity index (χ2v) is 5.08. The molecule has 2 rings (SSSR count). The van der Waals surface area contributed by atoms with Gasteiger partial charge in [0.15, 0.2) is 5.06 Å². The molecule has 0 fully saturated rings. The number of nitriles is 1. The topological polar surface area (TPSA) is 44.0 Å². The van der Waals surface area contributed by atoms with Gasteiger partial charge in [-0.15, -0.1) is 11.3 Å². The van der Waals surface area contributed by atoms with Crippen LogP contribution in [0.15, 0.2) is 29.6 Å². The van der Waals surface area contributed by atoms with Crippen molar-refractivity contribution in [1.29, 1.82) is 5.26 Å². The zero-order valence-electron chi connectivity index (χ0n) is 9.77. The maximum absolute atomic E-state index is 9.53. The number of nitrogens with zero attached hydrogens (tertiary/aromatic N) is 1. The summed E-state index contributed by atoms with van der Waals surface area (Å²) in [7, 11) is 0. The number of benzene rings is 1. The van der Waals surface area contributed by atoms with Crippen LogP contribution in [0.1, 0.15) is 30.9 Å². The fraction of sp³-hybridized carbons (Fsp3) is 0.214. The zero-order chi connectivity index (χ0) is 12.4. The van der Waals surface area contributed by atoms with E-state index in [-0.39, 0.29) is 5.06 Å². The molecule has 2 aromatic rings. The highest BCUT2D eigenvalue weighted by molar-refractivity contribution is 7.12. The Bertz CT molecular complexity index is 561. The van der Waals surface area contributed by atoms with Crippen LogP contribution in [0.4, 0.5) is 0 Å². The van der Waals surface area contributed by atoms with Crippen molar-refractivity contribution < 1.29 is 5.11 Å². The maximum Gasteiger partial charge on any atom is 0.190 e. The predicted octanol–water partition coefficient (Wildman–Crippen LogP) is 4.12. The minimum Gasteiger partial charge on any atom is -0.499 e. The Hall–Kier alpha value is -1.79. The quantitative estimate of drug-likeness (QED) is 0.862. The van der Waals surface area contributed by atoms with Crippen molar-refractivity contribution in [2.75, 3.05) is 0 Å². The molecular formula is C14H13NOS. The van der Waals surface area contributed by atoms with Crippen molar-refractivity contribution in [2.24, 2.45) is 0 Å². The fourth-order valence-corrected chi connectivity index (χ4v) is 2.47.